The molecule has 0 aromatic heterocycles. The van der Waals surface area contributed by atoms with Crippen molar-refractivity contribution in [2.75, 3.05) is 20.0 Å². The maximum Gasteiger partial charge on any atom is 0.335 e. The van der Waals surface area contributed by atoms with Gasteiger partial charge in [0.2, 0.25) is 0 Å². The molecule has 0 amide bonds. The molecular weight excluding hydrogens is 248 g/mol. The molecule has 0 N–H and O–H groups in total. The molecule has 0 heterocycles. The van der Waals surface area contributed by atoms with Crippen molar-refractivity contribution in [3.05, 3.63) is 0 Å². The summed E-state index contributed by atoms with van der Waals surface area (Å²) in [6.45, 7) is 13.9. The Bertz CT molecular complexity index is 236. The van der Waals surface area contributed by atoms with Crippen LogP contribution in [0.2, 0.25) is 25.7 Å². The van der Waals surface area contributed by atoms with Gasteiger partial charge in [-0.3, -0.25) is 0 Å². The van der Waals surface area contributed by atoms with E-state index in [2.05, 4.69) is 19.6 Å². The van der Waals surface area contributed by atoms with Gasteiger partial charge in [0.05, 0.1) is 6.61 Å². The van der Waals surface area contributed by atoms with Crippen molar-refractivity contribution in [2.24, 2.45) is 5.92 Å². The minimum absolute atomic E-state index is 0.155. The number of hydrogen-bond donors (Lipinski definition) is 0. The van der Waals surface area contributed by atoms with E-state index in [1.807, 2.05) is 13.8 Å². The van der Waals surface area contributed by atoms with Crippen molar-refractivity contribution >= 4 is 14.0 Å². The van der Waals surface area contributed by atoms with E-state index in [0.717, 1.165) is 6.04 Å². The minimum atomic E-state index is -1.05. The first-order chi connectivity index (χ1) is 8.22. The highest BCUT2D eigenvalue weighted by Crippen LogP contribution is 2.07. The monoisotopic (exact) mass is 276 g/mol. The van der Waals surface area contributed by atoms with Crippen LogP contribution in [0.1, 0.15) is 20.8 Å². The molecule has 0 fully saturated rings. The van der Waals surface area contributed by atoms with Crippen molar-refractivity contribution in [2.45, 2.75) is 52.6 Å². The first-order valence-corrected chi connectivity index (χ1v) is 10.3. The molecule has 0 aliphatic heterocycles. The van der Waals surface area contributed by atoms with Gasteiger partial charge in [0.1, 0.15) is 6.79 Å². The van der Waals surface area contributed by atoms with Crippen molar-refractivity contribution in [1.82, 2.24) is 0 Å². The molecule has 0 radical (unpaired) electrons. The lowest BCUT2D eigenvalue weighted by atomic mass is 10.2. The van der Waals surface area contributed by atoms with Crippen LogP contribution in [0.4, 0.5) is 0 Å². The van der Waals surface area contributed by atoms with Crippen LogP contribution in [0.3, 0.4) is 0 Å². The lowest BCUT2D eigenvalue weighted by Crippen LogP contribution is -2.26. The summed E-state index contributed by atoms with van der Waals surface area (Å²) in [5, 5.41) is 0. The zero-order valence-electron chi connectivity index (χ0n) is 12.6. The van der Waals surface area contributed by atoms with Crippen molar-refractivity contribution in [3.8, 4) is 0 Å². The van der Waals surface area contributed by atoms with Gasteiger partial charge in [0, 0.05) is 14.7 Å². The first kappa shape index (κ1) is 17.6. The third-order valence-corrected chi connectivity index (χ3v) is 3.99. The number of esters is 1. The van der Waals surface area contributed by atoms with Gasteiger partial charge in [0.15, 0.2) is 6.10 Å². The van der Waals surface area contributed by atoms with E-state index in [9.17, 15) is 4.79 Å². The van der Waals surface area contributed by atoms with Gasteiger partial charge in [-0.15, -0.1) is 0 Å². The second kappa shape index (κ2) is 8.66. The summed E-state index contributed by atoms with van der Waals surface area (Å²) >= 11 is 0. The van der Waals surface area contributed by atoms with Crippen LogP contribution < -0.4 is 0 Å². The molecule has 5 heteroatoms. The summed E-state index contributed by atoms with van der Waals surface area (Å²) in [7, 11) is -1.05. The predicted octanol–water partition coefficient (Wildman–Crippen LogP) is 2.90. The maximum atomic E-state index is 11.5. The fourth-order valence-electron chi connectivity index (χ4n) is 1.02. The SMILES string of the molecule is CC(C)COC(=O)[C@@H](C)OCOCC[Si](C)(C)C. The van der Waals surface area contributed by atoms with E-state index in [1.54, 1.807) is 6.92 Å². The van der Waals surface area contributed by atoms with E-state index in [-0.39, 0.29) is 12.8 Å². The molecule has 0 saturated heterocycles. The van der Waals surface area contributed by atoms with Crippen molar-refractivity contribution < 1.29 is 19.0 Å². The second-order valence-electron chi connectivity index (χ2n) is 6.17. The molecule has 4 nitrogen and oxygen atoms in total. The minimum Gasteiger partial charge on any atom is -0.464 e. The van der Waals surface area contributed by atoms with Crippen LogP contribution in [-0.2, 0) is 19.0 Å². The summed E-state index contributed by atoms with van der Waals surface area (Å²) in [6, 6.07) is 1.10. The number of ether oxygens (including phenoxy) is 3. The average Bonchev–Trinajstić information content (AvgIpc) is 2.23. The maximum absolute atomic E-state index is 11.5. The number of hydrogen-bond acceptors (Lipinski definition) is 4. The molecule has 0 unspecified atom stereocenters. The molecule has 1 atom stereocenters. The predicted molar refractivity (Wildman–Crippen MR) is 75.3 cm³/mol. The Morgan fingerprint density at radius 1 is 1.17 bits per heavy atom. The molecule has 108 valence electrons. The Labute approximate surface area is 112 Å². The normalized spacial score (nSPS) is 13.7. The van der Waals surface area contributed by atoms with Crippen LogP contribution in [-0.4, -0.2) is 40.2 Å². The Kier molecular flexibility index (Phi) is 8.48. The number of rotatable bonds is 9. The Morgan fingerprint density at radius 3 is 2.28 bits per heavy atom. The summed E-state index contributed by atoms with van der Waals surface area (Å²) in [6.07, 6.45) is -0.560. The summed E-state index contributed by atoms with van der Waals surface area (Å²) in [5.41, 5.74) is 0. The van der Waals surface area contributed by atoms with Crippen LogP contribution >= 0.6 is 0 Å². The quantitative estimate of drug-likeness (QED) is 0.281. The van der Waals surface area contributed by atoms with Gasteiger partial charge in [-0.25, -0.2) is 4.79 Å². The van der Waals surface area contributed by atoms with Gasteiger partial charge in [-0.05, 0) is 18.9 Å². The highest BCUT2D eigenvalue weighted by atomic mass is 28.3. The summed E-state index contributed by atoms with van der Waals surface area (Å²) in [4.78, 5) is 11.5. The molecule has 0 aliphatic rings. The standard InChI is InChI=1S/C13H28O4Si/c1-11(2)9-16-13(14)12(3)17-10-15-7-8-18(4,5)6/h11-12H,7-10H2,1-6H3/t12-/m1/s1. The van der Waals surface area contributed by atoms with E-state index < -0.39 is 14.2 Å². The van der Waals surface area contributed by atoms with Crippen molar-refractivity contribution in [3.63, 3.8) is 0 Å². The molecule has 0 rings (SSSR count). The molecular formula is C13H28O4Si. The molecule has 0 aromatic rings. The Hall–Kier alpha value is -0.393. The molecule has 18 heavy (non-hydrogen) atoms. The fraction of sp³-hybridized carbons (Fsp3) is 0.923. The van der Waals surface area contributed by atoms with Crippen LogP contribution in [0.15, 0.2) is 0 Å². The fourth-order valence-corrected chi connectivity index (χ4v) is 1.78. The van der Waals surface area contributed by atoms with Gasteiger partial charge in [-0.2, -0.15) is 0 Å². The Morgan fingerprint density at radius 2 is 1.78 bits per heavy atom. The van der Waals surface area contributed by atoms with Gasteiger partial charge in [-0.1, -0.05) is 33.5 Å². The van der Waals surface area contributed by atoms with E-state index in [1.165, 1.54) is 0 Å². The molecule has 0 aromatic carbocycles. The lowest BCUT2D eigenvalue weighted by Gasteiger charge is -2.17. The molecule has 0 spiro atoms. The highest BCUT2D eigenvalue weighted by Gasteiger charge is 2.16. The lowest BCUT2D eigenvalue weighted by molar-refractivity contribution is -0.165. The second-order valence-corrected chi connectivity index (χ2v) is 11.8. The number of carbonyl (C=O) groups excluding carboxylic acids is 1. The van der Waals surface area contributed by atoms with Crippen LogP contribution in [0.25, 0.3) is 0 Å². The Balaban J connectivity index is 3.58. The largest absolute Gasteiger partial charge is 0.464 e. The van der Waals surface area contributed by atoms with Gasteiger partial charge < -0.3 is 14.2 Å². The van der Waals surface area contributed by atoms with E-state index >= 15 is 0 Å². The van der Waals surface area contributed by atoms with Gasteiger partial charge in [0.25, 0.3) is 0 Å². The van der Waals surface area contributed by atoms with Crippen LogP contribution in [0.5, 0.6) is 0 Å². The topological polar surface area (TPSA) is 44.8 Å². The zero-order chi connectivity index (χ0) is 14.2. The highest BCUT2D eigenvalue weighted by molar-refractivity contribution is 6.76. The summed E-state index contributed by atoms with van der Waals surface area (Å²) in [5.74, 6) is 0.0200. The average molecular weight is 276 g/mol. The zero-order valence-corrected chi connectivity index (χ0v) is 13.6. The third kappa shape index (κ3) is 10.7. The first-order valence-electron chi connectivity index (χ1n) is 6.58. The van der Waals surface area contributed by atoms with Crippen LogP contribution in [0, 0.1) is 5.92 Å². The van der Waals surface area contributed by atoms with Gasteiger partial charge >= 0.3 is 5.97 Å². The summed E-state index contributed by atoms with van der Waals surface area (Å²) < 4.78 is 15.7. The smallest absolute Gasteiger partial charge is 0.335 e. The molecule has 0 bridgehead atoms. The molecule has 0 saturated carbocycles. The van der Waals surface area contributed by atoms with Crippen molar-refractivity contribution in [1.29, 1.82) is 0 Å². The van der Waals surface area contributed by atoms with E-state index in [4.69, 9.17) is 14.2 Å². The number of carbonyl (C=O) groups is 1. The third-order valence-electron chi connectivity index (χ3n) is 2.29. The van der Waals surface area contributed by atoms with E-state index in [0.29, 0.717) is 19.1 Å². The molecule has 0 aliphatic carbocycles.